The van der Waals surface area contributed by atoms with Gasteiger partial charge in [0, 0.05) is 21.5 Å². The maximum absolute atomic E-state index is 9.60. The summed E-state index contributed by atoms with van der Waals surface area (Å²) in [5, 5.41) is 20.5. The number of benzene rings is 4. The van der Waals surface area contributed by atoms with E-state index in [4.69, 9.17) is 0 Å². The number of para-hydroxylation sites is 2. The lowest BCUT2D eigenvalue weighted by Crippen LogP contribution is -1.92. The summed E-state index contributed by atoms with van der Waals surface area (Å²) in [7, 11) is 0. The minimum atomic E-state index is 0.152. The summed E-state index contributed by atoms with van der Waals surface area (Å²) >= 11 is 1.80. The van der Waals surface area contributed by atoms with Crippen molar-refractivity contribution in [1.29, 1.82) is 10.5 Å². The van der Waals surface area contributed by atoms with E-state index in [2.05, 4.69) is 95.6 Å². The van der Waals surface area contributed by atoms with Crippen LogP contribution in [0.15, 0.2) is 109 Å². The highest BCUT2D eigenvalue weighted by atomic mass is 32.1. The van der Waals surface area contributed by atoms with Gasteiger partial charge in [-0.05, 0) is 58.1 Å². The van der Waals surface area contributed by atoms with E-state index in [1.807, 2.05) is 24.3 Å². The van der Waals surface area contributed by atoms with Crippen LogP contribution in [0.4, 0.5) is 0 Å². The van der Waals surface area contributed by atoms with Crippen molar-refractivity contribution in [3.63, 3.8) is 0 Å². The van der Waals surface area contributed by atoms with Crippen molar-refractivity contribution in [2.24, 2.45) is 0 Å². The van der Waals surface area contributed by atoms with E-state index >= 15 is 0 Å². The molecule has 4 aromatic carbocycles. The van der Waals surface area contributed by atoms with Crippen molar-refractivity contribution in [3.05, 3.63) is 120 Å². The van der Waals surface area contributed by atoms with Crippen LogP contribution in [0.5, 0.6) is 0 Å². The molecule has 1 aliphatic carbocycles. The van der Waals surface area contributed by atoms with Crippen molar-refractivity contribution < 1.29 is 0 Å². The zero-order valence-electron chi connectivity index (χ0n) is 19.1. The van der Waals surface area contributed by atoms with E-state index in [-0.39, 0.29) is 5.57 Å². The number of rotatable bonds is 2. The summed E-state index contributed by atoms with van der Waals surface area (Å²) in [5.74, 6) is 0. The largest absolute Gasteiger partial charge is 0.308 e. The van der Waals surface area contributed by atoms with Crippen LogP contribution in [-0.2, 0) is 0 Å². The van der Waals surface area contributed by atoms with Crippen LogP contribution in [0.25, 0.3) is 53.9 Å². The predicted molar refractivity (Wildman–Crippen MR) is 147 cm³/mol. The fourth-order valence-electron chi connectivity index (χ4n) is 5.35. The number of thiophene rings is 1. The van der Waals surface area contributed by atoms with E-state index in [0.717, 1.165) is 39.1 Å². The highest BCUT2D eigenvalue weighted by Gasteiger charge is 2.27. The summed E-state index contributed by atoms with van der Waals surface area (Å²) in [5.41, 5.74) is 9.57. The molecule has 166 valence electrons. The second kappa shape index (κ2) is 7.82. The molecular weight excluding hydrogens is 458 g/mol. The van der Waals surface area contributed by atoms with Crippen LogP contribution < -0.4 is 0 Å². The molecule has 0 atom stereocenters. The molecule has 0 radical (unpaired) electrons. The fourth-order valence-corrected chi connectivity index (χ4v) is 6.53. The molecule has 4 heteroatoms. The molecule has 7 rings (SSSR count). The van der Waals surface area contributed by atoms with Gasteiger partial charge in [-0.3, -0.25) is 0 Å². The van der Waals surface area contributed by atoms with Crippen molar-refractivity contribution in [1.82, 2.24) is 4.57 Å². The Morgan fingerprint density at radius 1 is 0.639 bits per heavy atom. The summed E-state index contributed by atoms with van der Waals surface area (Å²) in [4.78, 5) is 1.19. The molecule has 0 fully saturated rings. The Labute approximate surface area is 212 Å². The molecule has 36 heavy (non-hydrogen) atoms. The van der Waals surface area contributed by atoms with Gasteiger partial charge in [0.05, 0.1) is 15.7 Å². The Hall–Kier alpha value is -4.90. The number of hydrogen-bond acceptors (Lipinski definition) is 3. The van der Waals surface area contributed by atoms with Crippen LogP contribution in [-0.4, -0.2) is 4.57 Å². The van der Waals surface area contributed by atoms with E-state index in [1.54, 1.807) is 11.3 Å². The first-order valence-corrected chi connectivity index (χ1v) is 12.5. The number of aromatic nitrogens is 1. The van der Waals surface area contributed by atoms with Gasteiger partial charge in [-0.25, -0.2) is 0 Å². The van der Waals surface area contributed by atoms with Crippen LogP contribution in [0, 0.1) is 22.7 Å². The second-order valence-electron chi connectivity index (χ2n) is 8.79. The average molecular weight is 476 g/mol. The van der Waals surface area contributed by atoms with Gasteiger partial charge >= 0.3 is 0 Å². The first-order valence-electron chi connectivity index (χ1n) is 11.7. The lowest BCUT2D eigenvalue weighted by Gasteiger charge is -2.07. The number of hydrogen-bond donors (Lipinski definition) is 0. The number of allylic oxidation sites excluding steroid dienone is 1. The van der Waals surface area contributed by atoms with Crippen LogP contribution in [0.1, 0.15) is 11.1 Å². The molecule has 3 nitrogen and oxygen atoms in total. The molecule has 0 saturated carbocycles. The SMILES string of the molecule is N#CC(C#N)=C1c2ccccc2-c2cc(-c3cc4c(s3)c3ccccc3n4-c3ccccc3)ccc21. The minimum Gasteiger partial charge on any atom is -0.308 e. The molecule has 0 amide bonds. The van der Waals surface area contributed by atoms with Crippen molar-refractivity contribution in [2.75, 3.05) is 0 Å². The molecule has 0 spiro atoms. The highest BCUT2D eigenvalue weighted by molar-refractivity contribution is 7.23. The third-order valence-corrected chi connectivity index (χ3v) is 8.10. The van der Waals surface area contributed by atoms with Crippen LogP contribution in [0.3, 0.4) is 0 Å². The normalized spacial score (nSPS) is 11.8. The lowest BCUT2D eigenvalue weighted by molar-refractivity contribution is 1.18. The average Bonchev–Trinajstić information content (AvgIpc) is 3.59. The Morgan fingerprint density at radius 3 is 2.14 bits per heavy atom. The fraction of sp³-hybridized carbons (Fsp3) is 0. The molecule has 2 heterocycles. The van der Waals surface area contributed by atoms with Gasteiger partial charge in [-0.1, -0.05) is 72.8 Å². The minimum absolute atomic E-state index is 0.152. The van der Waals surface area contributed by atoms with E-state index in [0.29, 0.717) is 0 Å². The third-order valence-electron chi connectivity index (χ3n) is 6.89. The zero-order chi connectivity index (χ0) is 24.2. The second-order valence-corrected chi connectivity index (χ2v) is 9.84. The first kappa shape index (κ1) is 20.5. The van der Waals surface area contributed by atoms with Gasteiger partial charge in [0.1, 0.15) is 17.7 Å². The third kappa shape index (κ3) is 2.83. The number of nitrogens with zero attached hydrogens (tertiary/aromatic N) is 3. The summed E-state index contributed by atoms with van der Waals surface area (Å²) < 4.78 is 3.60. The molecule has 0 unspecified atom stereocenters. The Balaban J connectivity index is 1.46. The zero-order valence-corrected chi connectivity index (χ0v) is 19.9. The first-order chi connectivity index (χ1) is 17.8. The van der Waals surface area contributed by atoms with Gasteiger partial charge in [0.25, 0.3) is 0 Å². The van der Waals surface area contributed by atoms with Gasteiger partial charge in [0.15, 0.2) is 0 Å². The molecule has 0 N–H and O–H groups in total. The molecule has 1 aliphatic rings. The Bertz CT molecular complexity index is 1940. The molecule has 0 saturated heterocycles. The van der Waals surface area contributed by atoms with Gasteiger partial charge in [-0.15, -0.1) is 11.3 Å². The standard InChI is InChI=1S/C32H17N3S/c33-18-21(19-34)31-24-11-5-4-10-23(24)27-16-20(14-15-25(27)31)30-17-29-32(36-30)26-12-6-7-13-28(26)35(29)22-8-2-1-3-9-22/h1-17H. The van der Waals surface area contributed by atoms with Crippen molar-refractivity contribution in [3.8, 4) is 39.4 Å². The van der Waals surface area contributed by atoms with Gasteiger partial charge in [0.2, 0.25) is 0 Å². The number of nitriles is 2. The Kier molecular flexibility index (Phi) is 4.45. The number of fused-ring (bicyclic) bond motifs is 6. The quantitative estimate of drug-likeness (QED) is 0.236. The molecule has 6 aromatic rings. The summed E-state index contributed by atoms with van der Waals surface area (Å²) in [6, 6.07) is 39.9. The smallest absolute Gasteiger partial charge is 0.138 e. The molecule has 2 aromatic heterocycles. The van der Waals surface area contributed by atoms with Crippen molar-refractivity contribution in [2.45, 2.75) is 0 Å². The Morgan fingerprint density at radius 2 is 1.33 bits per heavy atom. The van der Waals surface area contributed by atoms with E-state index < -0.39 is 0 Å². The maximum atomic E-state index is 9.60. The predicted octanol–water partition coefficient (Wildman–Crippen LogP) is 8.34. The molecular formula is C32H17N3S. The monoisotopic (exact) mass is 475 g/mol. The van der Waals surface area contributed by atoms with E-state index in [9.17, 15) is 10.5 Å². The molecule has 0 aliphatic heterocycles. The highest BCUT2D eigenvalue weighted by Crippen LogP contribution is 2.48. The summed E-state index contributed by atoms with van der Waals surface area (Å²) in [6.45, 7) is 0. The summed E-state index contributed by atoms with van der Waals surface area (Å²) in [6.07, 6.45) is 0. The van der Waals surface area contributed by atoms with Crippen LogP contribution in [0.2, 0.25) is 0 Å². The molecule has 0 bridgehead atoms. The lowest BCUT2D eigenvalue weighted by atomic mass is 9.98. The van der Waals surface area contributed by atoms with Gasteiger partial charge < -0.3 is 4.57 Å². The van der Waals surface area contributed by atoms with Crippen LogP contribution >= 0.6 is 11.3 Å². The van der Waals surface area contributed by atoms with Crippen molar-refractivity contribution >= 4 is 38.0 Å². The van der Waals surface area contributed by atoms with Gasteiger partial charge in [-0.2, -0.15) is 10.5 Å². The van der Waals surface area contributed by atoms with E-state index in [1.165, 1.54) is 26.0 Å². The topological polar surface area (TPSA) is 52.5 Å². The maximum Gasteiger partial charge on any atom is 0.138 e.